The Labute approximate surface area is 153 Å². The smallest absolute Gasteiger partial charge is 0.274 e. The van der Waals surface area contributed by atoms with Crippen molar-refractivity contribution < 1.29 is 19.1 Å². The van der Waals surface area contributed by atoms with E-state index in [1.54, 1.807) is 0 Å². The first-order valence-corrected chi connectivity index (χ1v) is 8.61. The minimum absolute atomic E-state index is 0.00284. The first-order chi connectivity index (χ1) is 12.5. The largest absolute Gasteiger partial charge is 0.393 e. The number of nitrogens with zero attached hydrogens (tertiary/aromatic N) is 1. The molecule has 1 aromatic heterocycles. The van der Waals surface area contributed by atoms with E-state index >= 15 is 0 Å². The van der Waals surface area contributed by atoms with Gasteiger partial charge in [-0.15, -0.1) is 0 Å². The van der Waals surface area contributed by atoms with E-state index in [2.05, 4.69) is 20.8 Å². The van der Waals surface area contributed by atoms with Crippen molar-refractivity contribution in [2.24, 2.45) is 0 Å². The fourth-order valence-corrected chi connectivity index (χ4v) is 3.18. The van der Waals surface area contributed by atoms with Crippen LogP contribution >= 0.6 is 11.6 Å². The molecule has 3 rings (SSSR count). The molecule has 2 aromatic rings. The van der Waals surface area contributed by atoms with Crippen molar-refractivity contribution in [3.8, 4) is 0 Å². The Balaban J connectivity index is 1.70. The van der Waals surface area contributed by atoms with Gasteiger partial charge in [0.05, 0.1) is 22.4 Å². The van der Waals surface area contributed by atoms with Crippen molar-refractivity contribution >= 4 is 29.1 Å². The van der Waals surface area contributed by atoms with Gasteiger partial charge in [0.15, 0.2) is 5.69 Å². The summed E-state index contributed by atoms with van der Waals surface area (Å²) in [5, 5.41) is 21.2. The molecule has 1 saturated carbocycles. The molecule has 138 valence electrons. The number of H-pyrrole nitrogens is 1. The lowest BCUT2D eigenvalue weighted by molar-refractivity contribution is 0.0864. The van der Waals surface area contributed by atoms with E-state index in [1.807, 2.05) is 0 Å². The summed E-state index contributed by atoms with van der Waals surface area (Å²) < 4.78 is 13.9. The number of aromatic amines is 1. The Bertz CT molecular complexity index is 798. The minimum atomic E-state index is -0.774. The van der Waals surface area contributed by atoms with Crippen LogP contribution in [0.4, 0.5) is 10.1 Å². The number of nitrogens with one attached hydrogen (secondary N) is 3. The standard InChI is InChI=1S/C17H18ClFN4O3/c18-11-2-1-3-12(19)14(11)16(25)22-13-8-20-23-15(13)17(26)21-9-4-6-10(24)7-5-9/h1-3,8-10,24H,4-7H2,(H,20,23)(H,21,26)(H,22,25)/t9-,10-. The number of aliphatic hydroxyl groups excluding tert-OH is 1. The Morgan fingerprint density at radius 1 is 1.23 bits per heavy atom. The second kappa shape index (κ2) is 7.84. The van der Waals surface area contributed by atoms with Crippen LogP contribution in [-0.2, 0) is 0 Å². The van der Waals surface area contributed by atoms with E-state index in [-0.39, 0.29) is 34.1 Å². The van der Waals surface area contributed by atoms with Crippen molar-refractivity contribution in [1.82, 2.24) is 15.5 Å². The topological polar surface area (TPSA) is 107 Å². The third-order valence-electron chi connectivity index (χ3n) is 4.33. The molecule has 1 aromatic carbocycles. The number of halogens is 2. The second-order valence-electron chi connectivity index (χ2n) is 6.18. The summed E-state index contributed by atoms with van der Waals surface area (Å²) in [6.45, 7) is 0. The quantitative estimate of drug-likeness (QED) is 0.653. The molecule has 1 fully saturated rings. The maximum absolute atomic E-state index is 13.9. The van der Waals surface area contributed by atoms with Gasteiger partial charge in [-0.2, -0.15) is 5.10 Å². The van der Waals surface area contributed by atoms with Crippen LogP contribution in [0.25, 0.3) is 0 Å². The van der Waals surface area contributed by atoms with Gasteiger partial charge in [-0.1, -0.05) is 17.7 Å². The second-order valence-corrected chi connectivity index (χ2v) is 6.58. The lowest BCUT2D eigenvalue weighted by Crippen LogP contribution is -2.39. The monoisotopic (exact) mass is 380 g/mol. The summed E-state index contributed by atoms with van der Waals surface area (Å²) in [6.07, 6.45) is 3.61. The Morgan fingerprint density at radius 3 is 2.65 bits per heavy atom. The third-order valence-corrected chi connectivity index (χ3v) is 4.64. The maximum Gasteiger partial charge on any atom is 0.274 e. The molecule has 1 aliphatic carbocycles. The first-order valence-electron chi connectivity index (χ1n) is 8.23. The fourth-order valence-electron chi connectivity index (χ4n) is 2.93. The zero-order valence-electron chi connectivity index (χ0n) is 13.8. The van der Waals surface area contributed by atoms with Crippen molar-refractivity contribution in [3.63, 3.8) is 0 Å². The summed E-state index contributed by atoms with van der Waals surface area (Å²) in [6, 6.07) is 3.86. The van der Waals surface area contributed by atoms with Crippen LogP contribution in [0.3, 0.4) is 0 Å². The lowest BCUT2D eigenvalue weighted by Gasteiger charge is -2.25. The van der Waals surface area contributed by atoms with Gasteiger partial charge in [-0.25, -0.2) is 4.39 Å². The van der Waals surface area contributed by atoms with Gasteiger partial charge in [0.2, 0.25) is 0 Å². The predicted molar refractivity (Wildman–Crippen MR) is 93.7 cm³/mol. The molecule has 0 aliphatic heterocycles. The molecule has 0 bridgehead atoms. The molecule has 9 heteroatoms. The molecule has 1 aliphatic rings. The zero-order chi connectivity index (χ0) is 18.7. The van der Waals surface area contributed by atoms with Crippen LogP contribution in [0.1, 0.15) is 46.5 Å². The molecule has 7 nitrogen and oxygen atoms in total. The molecule has 1 heterocycles. The third kappa shape index (κ3) is 4.03. The van der Waals surface area contributed by atoms with E-state index in [1.165, 1.54) is 18.3 Å². The van der Waals surface area contributed by atoms with Crippen LogP contribution in [0.15, 0.2) is 24.4 Å². The number of amides is 2. The summed E-state index contributed by atoms with van der Waals surface area (Å²) >= 11 is 5.88. The highest BCUT2D eigenvalue weighted by molar-refractivity contribution is 6.34. The van der Waals surface area contributed by atoms with Crippen molar-refractivity contribution in [3.05, 3.63) is 46.5 Å². The number of rotatable bonds is 4. The first kappa shape index (κ1) is 18.3. The van der Waals surface area contributed by atoms with E-state index in [4.69, 9.17) is 11.6 Å². The summed E-state index contributed by atoms with van der Waals surface area (Å²) in [7, 11) is 0. The highest BCUT2D eigenvalue weighted by Gasteiger charge is 2.25. The number of benzene rings is 1. The number of hydrogen-bond donors (Lipinski definition) is 4. The molecular weight excluding hydrogens is 363 g/mol. The van der Waals surface area contributed by atoms with E-state index in [9.17, 15) is 19.1 Å². The minimum Gasteiger partial charge on any atom is -0.393 e. The van der Waals surface area contributed by atoms with E-state index in [0.29, 0.717) is 25.7 Å². The predicted octanol–water partition coefficient (Wildman–Crippen LogP) is 2.49. The van der Waals surface area contributed by atoms with Crippen molar-refractivity contribution in [2.45, 2.75) is 37.8 Å². The molecule has 4 N–H and O–H groups in total. The number of aromatic nitrogens is 2. The molecule has 0 atom stereocenters. The van der Waals surface area contributed by atoms with Gasteiger partial charge in [0.1, 0.15) is 5.82 Å². The Morgan fingerprint density at radius 2 is 1.96 bits per heavy atom. The van der Waals surface area contributed by atoms with Gasteiger partial charge < -0.3 is 15.7 Å². The van der Waals surface area contributed by atoms with Gasteiger partial charge >= 0.3 is 0 Å². The van der Waals surface area contributed by atoms with Gasteiger partial charge in [-0.05, 0) is 37.8 Å². The fraction of sp³-hybridized carbons (Fsp3) is 0.353. The van der Waals surface area contributed by atoms with Gasteiger partial charge in [0, 0.05) is 12.2 Å². The summed E-state index contributed by atoms with van der Waals surface area (Å²) in [5.74, 6) is -1.99. The molecular formula is C17H18ClFN4O3. The van der Waals surface area contributed by atoms with E-state index < -0.39 is 17.6 Å². The van der Waals surface area contributed by atoms with Crippen LogP contribution < -0.4 is 10.6 Å². The SMILES string of the molecule is O=C(N[C@H]1CC[C@H](O)CC1)c1n[nH]cc1NC(=O)c1c(F)cccc1Cl. The number of carbonyl (C=O) groups is 2. The van der Waals surface area contributed by atoms with Gasteiger partial charge in [-0.3, -0.25) is 14.7 Å². The highest BCUT2D eigenvalue weighted by atomic mass is 35.5. The van der Waals surface area contributed by atoms with E-state index in [0.717, 1.165) is 6.07 Å². The normalized spacial score (nSPS) is 19.8. The number of hydrogen-bond acceptors (Lipinski definition) is 4. The van der Waals surface area contributed by atoms with Crippen molar-refractivity contribution in [2.75, 3.05) is 5.32 Å². The Kier molecular flexibility index (Phi) is 5.53. The average Bonchev–Trinajstić information content (AvgIpc) is 3.05. The number of carbonyl (C=O) groups excluding carboxylic acids is 2. The molecule has 0 spiro atoms. The van der Waals surface area contributed by atoms with Crippen molar-refractivity contribution in [1.29, 1.82) is 0 Å². The van der Waals surface area contributed by atoms with Crippen LogP contribution in [0, 0.1) is 5.82 Å². The lowest BCUT2D eigenvalue weighted by atomic mass is 9.93. The molecule has 0 radical (unpaired) electrons. The molecule has 0 unspecified atom stereocenters. The highest BCUT2D eigenvalue weighted by Crippen LogP contribution is 2.22. The molecule has 0 saturated heterocycles. The van der Waals surface area contributed by atoms with Crippen LogP contribution in [0.2, 0.25) is 5.02 Å². The Hall–Kier alpha value is -2.45. The zero-order valence-corrected chi connectivity index (χ0v) is 14.5. The average molecular weight is 381 g/mol. The summed E-state index contributed by atoms with van der Waals surface area (Å²) in [4.78, 5) is 24.7. The molecule has 2 amide bonds. The van der Waals surface area contributed by atoms with Crippen LogP contribution in [-0.4, -0.2) is 39.3 Å². The summed E-state index contributed by atoms with van der Waals surface area (Å²) in [5.41, 5.74) is -0.178. The number of aliphatic hydroxyl groups is 1. The molecule has 26 heavy (non-hydrogen) atoms. The number of anilines is 1. The maximum atomic E-state index is 13.9. The van der Waals surface area contributed by atoms with Gasteiger partial charge in [0.25, 0.3) is 11.8 Å². The van der Waals surface area contributed by atoms with Crippen LogP contribution in [0.5, 0.6) is 0 Å².